The van der Waals surface area contributed by atoms with Gasteiger partial charge in [0, 0.05) is 6.04 Å². The summed E-state index contributed by atoms with van der Waals surface area (Å²) < 4.78 is 0. The van der Waals surface area contributed by atoms with Gasteiger partial charge in [0.05, 0.1) is 0 Å². The Hall–Kier alpha value is 0.310. The second-order valence-corrected chi connectivity index (χ2v) is 6.06. The van der Waals surface area contributed by atoms with E-state index in [4.69, 9.17) is 0 Å². The molecule has 0 aromatic carbocycles. The molecule has 2 unspecified atom stereocenters. The number of rotatable bonds is 8. The lowest BCUT2D eigenvalue weighted by Crippen LogP contribution is -2.26. The SMILES string of the molecule is CCCNC1CCC(CCCSCC)C1. The van der Waals surface area contributed by atoms with E-state index in [1.54, 1.807) is 0 Å². The molecule has 15 heavy (non-hydrogen) atoms. The first kappa shape index (κ1) is 13.4. The molecule has 0 aromatic rings. The summed E-state index contributed by atoms with van der Waals surface area (Å²) in [5, 5.41) is 3.66. The summed E-state index contributed by atoms with van der Waals surface area (Å²) >= 11 is 2.09. The van der Waals surface area contributed by atoms with Crippen LogP contribution in [0, 0.1) is 5.92 Å². The summed E-state index contributed by atoms with van der Waals surface area (Å²) in [5.74, 6) is 3.68. The Morgan fingerprint density at radius 2 is 2.13 bits per heavy atom. The van der Waals surface area contributed by atoms with Crippen molar-refractivity contribution < 1.29 is 0 Å². The third kappa shape index (κ3) is 5.82. The van der Waals surface area contributed by atoms with Gasteiger partial charge in [0.1, 0.15) is 0 Å². The Morgan fingerprint density at radius 1 is 1.27 bits per heavy atom. The number of thioether (sulfide) groups is 1. The summed E-state index contributed by atoms with van der Waals surface area (Å²) in [5.41, 5.74) is 0. The molecule has 0 bridgehead atoms. The van der Waals surface area contributed by atoms with Crippen LogP contribution in [0.3, 0.4) is 0 Å². The minimum absolute atomic E-state index is 0.841. The van der Waals surface area contributed by atoms with E-state index in [0.717, 1.165) is 12.0 Å². The lowest BCUT2D eigenvalue weighted by atomic mass is 10.0. The van der Waals surface area contributed by atoms with E-state index >= 15 is 0 Å². The first-order valence-corrected chi connectivity index (χ1v) is 7.83. The molecule has 1 rings (SSSR count). The van der Waals surface area contributed by atoms with Gasteiger partial charge in [0.25, 0.3) is 0 Å². The van der Waals surface area contributed by atoms with Crippen LogP contribution in [0.1, 0.15) is 52.4 Å². The predicted molar refractivity (Wildman–Crippen MR) is 71.7 cm³/mol. The molecule has 1 N–H and O–H groups in total. The zero-order valence-electron chi connectivity index (χ0n) is 10.4. The van der Waals surface area contributed by atoms with Crippen LogP contribution in [0.5, 0.6) is 0 Å². The fourth-order valence-corrected chi connectivity index (χ4v) is 3.15. The van der Waals surface area contributed by atoms with Gasteiger partial charge in [-0.3, -0.25) is 0 Å². The number of hydrogen-bond acceptors (Lipinski definition) is 2. The van der Waals surface area contributed by atoms with Crippen molar-refractivity contribution in [2.75, 3.05) is 18.1 Å². The fourth-order valence-electron chi connectivity index (χ4n) is 2.49. The molecule has 0 radical (unpaired) electrons. The maximum Gasteiger partial charge on any atom is 0.00698 e. The monoisotopic (exact) mass is 229 g/mol. The van der Waals surface area contributed by atoms with Gasteiger partial charge in [0.2, 0.25) is 0 Å². The highest BCUT2D eigenvalue weighted by atomic mass is 32.2. The summed E-state index contributed by atoms with van der Waals surface area (Å²) in [6.45, 7) is 5.72. The molecule has 0 aliphatic heterocycles. The summed E-state index contributed by atoms with van der Waals surface area (Å²) in [6.07, 6.45) is 8.51. The van der Waals surface area contributed by atoms with E-state index in [1.165, 1.54) is 56.6 Å². The number of hydrogen-bond donors (Lipinski definition) is 1. The molecule has 0 heterocycles. The molecular formula is C13H27NS. The zero-order valence-corrected chi connectivity index (χ0v) is 11.2. The van der Waals surface area contributed by atoms with E-state index in [9.17, 15) is 0 Å². The van der Waals surface area contributed by atoms with Crippen LogP contribution in [0.25, 0.3) is 0 Å². The van der Waals surface area contributed by atoms with Crippen molar-refractivity contribution in [3.8, 4) is 0 Å². The average Bonchev–Trinajstić information content (AvgIpc) is 2.69. The van der Waals surface area contributed by atoms with Crippen molar-refractivity contribution in [3.63, 3.8) is 0 Å². The summed E-state index contributed by atoms with van der Waals surface area (Å²) in [4.78, 5) is 0. The van der Waals surface area contributed by atoms with Crippen LogP contribution in [0.15, 0.2) is 0 Å². The van der Waals surface area contributed by atoms with E-state index in [0.29, 0.717) is 0 Å². The lowest BCUT2D eigenvalue weighted by molar-refractivity contribution is 0.461. The van der Waals surface area contributed by atoms with Gasteiger partial charge in [0.15, 0.2) is 0 Å². The van der Waals surface area contributed by atoms with Gasteiger partial charge in [-0.2, -0.15) is 11.8 Å². The van der Waals surface area contributed by atoms with Crippen molar-refractivity contribution in [1.82, 2.24) is 5.32 Å². The first-order valence-electron chi connectivity index (χ1n) is 6.68. The van der Waals surface area contributed by atoms with E-state index in [1.807, 2.05) is 0 Å². The van der Waals surface area contributed by atoms with Gasteiger partial charge in [-0.1, -0.05) is 13.8 Å². The average molecular weight is 229 g/mol. The highest BCUT2D eigenvalue weighted by Crippen LogP contribution is 2.29. The summed E-state index contributed by atoms with van der Waals surface area (Å²) in [7, 11) is 0. The molecule has 0 amide bonds. The predicted octanol–water partition coefficient (Wildman–Crippen LogP) is 3.69. The third-order valence-electron chi connectivity index (χ3n) is 3.33. The van der Waals surface area contributed by atoms with Crippen LogP contribution >= 0.6 is 11.8 Å². The van der Waals surface area contributed by atoms with E-state index in [2.05, 4.69) is 30.9 Å². The Bertz CT molecular complexity index is 149. The maximum atomic E-state index is 3.66. The smallest absolute Gasteiger partial charge is 0.00698 e. The maximum absolute atomic E-state index is 3.66. The zero-order chi connectivity index (χ0) is 10.9. The van der Waals surface area contributed by atoms with Crippen LogP contribution in [0.4, 0.5) is 0 Å². The Balaban J connectivity index is 1.98. The Morgan fingerprint density at radius 3 is 2.87 bits per heavy atom. The van der Waals surface area contributed by atoms with Crippen LogP contribution in [0.2, 0.25) is 0 Å². The quantitative estimate of drug-likeness (QED) is 0.637. The highest BCUT2D eigenvalue weighted by Gasteiger charge is 2.23. The Labute approximate surface area is 99.8 Å². The molecular weight excluding hydrogens is 202 g/mol. The Kier molecular flexibility index (Phi) is 7.54. The molecule has 0 aromatic heterocycles. The lowest BCUT2D eigenvalue weighted by Gasteiger charge is -2.12. The third-order valence-corrected chi connectivity index (χ3v) is 4.32. The minimum atomic E-state index is 0.841. The van der Waals surface area contributed by atoms with Gasteiger partial charge in [-0.25, -0.2) is 0 Å². The fraction of sp³-hybridized carbons (Fsp3) is 1.00. The second kappa shape index (κ2) is 8.46. The van der Waals surface area contributed by atoms with Gasteiger partial charge >= 0.3 is 0 Å². The van der Waals surface area contributed by atoms with Crippen LogP contribution in [-0.2, 0) is 0 Å². The first-order chi connectivity index (χ1) is 7.36. The molecule has 1 nitrogen and oxygen atoms in total. The molecule has 2 heteroatoms. The number of nitrogens with one attached hydrogen (secondary N) is 1. The molecule has 1 aliphatic rings. The molecule has 0 saturated heterocycles. The van der Waals surface area contributed by atoms with Crippen molar-refractivity contribution in [2.24, 2.45) is 5.92 Å². The molecule has 1 aliphatic carbocycles. The largest absolute Gasteiger partial charge is 0.314 e. The van der Waals surface area contributed by atoms with Crippen molar-refractivity contribution in [3.05, 3.63) is 0 Å². The molecule has 90 valence electrons. The molecule has 1 saturated carbocycles. The minimum Gasteiger partial charge on any atom is -0.314 e. The van der Waals surface area contributed by atoms with E-state index < -0.39 is 0 Å². The molecule has 2 atom stereocenters. The van der Waals surface area contributed by atoms with Crippen molar-refractivity contribution >= 4 is 11.8 Å². The summed E-state index contributed by atoms with van der Waals surface area (Å²) in [6, 6.07) is 0.841. The molecule has 0 spiro atoms. The van der Waals surface area contributed by atoms with Gasteiger partial charge < -0.3 is 5.32 Å². The topological polar surface area (TPSA) is 12.0 Å². The second-order valence-electron chi connectivity index (χ2n) is 4.67. The normalized spacial score (nSPS) is 26.0. The van der Waals surface area contributed by atoms with Crippen molar-refractivity contribution in [2.45, 2.75) is 58.4 Å². The van der Waals surface area contributed by atoms with Gasteiger partial charge in [-0.05, 0) is 62.5 Å². The van der Waals surface area contributed by atoms with Crippen molar-refractivity contribution in [1.29, 1.82) is 0 Å². The van der Waals surface area contributed by atoms with Crippen LogP contribution in [-0.4, -0.2) is 24.1 Å². The molecule has 1 fully saturated rings. The standard InChI is InChI=1S/C13H27NS/c1-3-9-14-13-8-7-12(11-13)6-5-10-15-4-2/h12-14H,3-11H2,1-2H3. The van der Waals surface area contributed by atoms with Crippen LogP contribution < -0.4 is 5.32 Å². The highest BCUT2D eigenvalue weighted by molar-refractivity contribution is 7.99. The van der Waals surface area contributed by atoms with Gasteiger partial charge in [-0.15, -0.1) is 0 Å². The van der Waals surface area contributed by atoms with E-state index in [-0.39, 0.29) is 0 Å².